The van der Waals surface area contributed by atoms with Crippen molar-refractivity contribution in [3.05, 3.63) is 46.2 Å². The summed E-state index contributed by atoms with van der Waals surface area (Å²) in [6, 6.07) is 7.91. The number of aromatic nitrogens is 2. The fourth-order valence-electron chi connectivity index (χ4n) is 1.66. The van der Waals surface area contributed by atoms with E-state index in [1.807, 2.05) is 44.3 Å². The highest BCUT2D eigenvalue weighted by atomic mass is 79.9. The predicted molar refractivity (Wildman–Crippen MR) is 72.5 cm³/mol. The summed E-state index contributed by atoms with van der Waals surface area (Å²) in [4.78, 5) is 8.84. The Morgan fingerprint density at radius 1 is 1.24 bits per heavy atom. The van der Waals surface area contributed by atoms with Crippen molar-refractivity contribution >= 4 is 15.9 Å². The second-order valence-electron chi connectivity index (χ2n) is 4.03. The topological polar surface area (TPSA) is 51.8 Å². The van der Waals surface area contributed by atoms with Crippen LogP contribution in [0, 0.1) is 6.92 Å². The number of benzene rings is 1. The van der Waals surface area contributed by atoms with Gasteiger partial charge >= 0.3 is 0 Å². The predicted octanol–water partition coefficient (Wildman–Crippen LogP) is 3.23. The van der Waals surface area contributed by atoms with Crippen molar-refractivity contribution in [2.75, 3.05) is 0 Å². The van der Waals surface area contributed by atoms with Crippen molar-refractivity contribution in [1.29, 1.82) is 0 Å². The van der Waals surface area contributed by atoms with Crippen molar-refractivity contribution in [3.8, 4) is 11.4 Å². The maximum Gasteiger partial charge on any atom is 0.159 e. The van der Waals surface area contributed by atoms with Crippen LogP contribution in [0.4, 0.5) is 0 Å². The Labute approximate surface area is 109 Å². The molecule has 0 radical (unpaired) electrons. The molecule has 88 valence electrons. The molecule has 1 aromatic heterocycles. The molecule has 1 aromatic carbocycles. The first kappa shape index (κ1) is 12.2. The summed E-state index contributed by atoms with van der Waals surface area (Å²) < 4.78 is 1.05. The quantitative estimate of drug-likeness (QED) is 0.924. The van der Waals surface area contributed by atoms with Crippen LogP contribution in [0.3, 0.4) is 0 Å². The van der Waals surface area contributed by atoms with Crippen molar-refractivity contribution in [1.82, 2.24) is 9.97 Å². The highest BCUT2D eigenvalue weighted by Gasteiger charge is 2.08. The summed E-state index contributed by atoms with van der Waals surface area (Å²) in [6.45, 7) is 3.90. The molecule has 0 unspecified atom stereocenters. The van der Waals surface area contributed by atoms with Gasteiger partial charge in [-0.05, 0) is 26.0 Å². The molecule has 0 saturated carbocycles. The first-order chi connectivity index (χ1) is 8.08. The standard InChI is InChI=1S/C13H14BrN3/c1-8(15)12-7-16-13(17-9(12)2)10-3-5-11(14)6-4-10/h3-8H,15H2,1-2H3/t8-/m1/s1. The lowest BCUT2D eigenvalue weighted by atomic mass is 10.1. The first-order valence-electron chi connectivity index (χ1n) is 5.43. The molecule has 0 bridgehead atoms. The molecular weight excluding hydrogens is 278 g/mol. The number of halogens is 1. The van der Waals surface area contributed by atoms with E-state index in [4.69, 9.17) is 5.73 Å². The molecule has 0 fully saturated rings. The van der Waals surface area contributed by atoms with Crippen LogP contribution in [0.15, 0.2) is 34.9 Å². The second-order valence-corrected chi connectivity index (χ2v) is 4.95. The van der Waals surface area contributed by atoms with Crippen molar-refractivity contribution in [3.63, 3.8) is 0 Å². The van der Waals surface area contributed by atoms with Gasteiger partial charge in [0.25, 0.3) is 0 Å². The number of nitrogens with two attached hydrogens (primary N) is 1. The molecular formula is C13H14BrN3. The van der Waals surface area contributed by atoms with Crippen LogP contribution >= 0.6 is 15.9 Å². The van der Waals surface area contributed by atoms with Gasteiger partial charge in [0.2, 0.25) is 0 Å². The van der Waals surface area contributed by atoms with Crippen molar-refractivity contribution in [2.24, 2.45) is 5.73 Å². The Morgan fingerprint density at radius 3 is 2.41 bits per heavy atom. The van der Waals surface area contributed by atoms with Crippen LogP contribution in [0.1, 0.15) is 24.2 Å². The number of hydrogen-bond acceptors (Lipinski definition) is 3. The van der Waals surface area contributed by atoms with Crippen molar-refractivity contribution < 1.29 is 0 Å². The minimum atomic E-state index is -0.0334. The lowest BCUT2D eigenvalue weighted by molar-refractivity contribution is 0.790. The summed E-state index contributed by atoms with van der Waals surface area (Å²) in [6.07, 6.45) is 1.81. The Bertz CT molecular complexity index is 521. The molecule has 0 spiro atoms. The average Bonchev–Trinajstić information content (AvgIpc) is 2.29. The molecule has 2 rings (SSSR count). The van der Waals surface area contributed by atoms with Gasteiger partial charge in [0.05, 0.1) is 0 Å². The monoisotopic (exact) mass is 291 g/mol. The zero-order chi connectivity index (χ0) is 12.4. The van der Waals surface area contributed by atoms with Gasteiger partial charge in [-0.25, -0.2) is 9.97 Å². The maximum atomic E-state index is 5.84. The van der Waals surface area contributed by atoms with E-state index < -0.39 is 0 Å². The largest absolute Gasteiger partial charge is 0.324 e. The normalized spacial score (nSPS) is 12.5. The summed E-state index contributed by atoms with van der Waals surface area (Å²) in [7, 11) is 0. The Kier molecular flexibility index (Phi) is 3.54. The highest BCUT2D eigenvalue weighted by molar-refractivity contribution is 9.10. The molecule has 2 N–H and O–H groups in total. The zero-order valence-corrected chi connectivity index (χ0v) is 11.4. The van der Waals surface area contributed by atoms with Crippen LogP contribution in [0.25, 0.3) is 11.4 Å². The van der Waals surface area contributed by atoms with E-state index in [2.05, 4.69) is 25.9 Å². The van der Waals surface area contributed by atoms with E-state index in [0.29, 0.717) is 0 Å². The summed E-state index contributed by atoms with van der Waals surface area (Å²) >= 11 is 3.41. The van der Waals surface area contributed by atoms with E-state index in [0.717, 1.165) is 27.1 Å². The van der Waals surface area contributed by atoms with Gasteiger partial charge in [-0.2, -0.15) is 0 Å². The fraction of sp³-hybridized carbons (Fsp3) is 0.231. The van der Waals surface area contributed by atoms with Crippen LogP contribution in [-0.4, -0.2) is 9.97 Å². The van der Waals surface area contributed by atoms with E-state index >= 15 is 0 Å². The Morgan fingerprint density at radius 2 is 1.88 bits per heavy atom. The third-order valence-corrected chi connectivity index (χ3v) is 3.14. The van der Waals surface area contributed by atoms with Crippen LogP contribution in [0.5, 0.6) is 0 Å². The molecule has 0 amide bonds. The van der Waals surface area contributed by atoms with Gasteiger partial charge in [0.1, 0.15) is 0 Å². The number of aryl methyl sites for hydroxylation is 1. The second kappa shape index (κ2) is 4.94. The van der Waals surface area contributed by atoms with Crippen molar-refractivity contribution in [2.45, 2.75) is 19.9 Å². The molecule has 0 aliphatic carbocycles. The van der Waals surface area contributed by atoms with E-state index in [9.17, 15) is 0 Å². The Hall–Kier alpha value is -1.26. The molecule has 1 heterocycles. The van der Waals surface area contributed by atoms with E-state index in [1.165, 1.54) is 0 Å². The number of rotatable bonds is 2. The van der Waals surface area contributed by atoms with Gasteiger partial charge in [0.15, 0.2) is 5.82 Å². The van der Waals surface area contributed by atoms with Gasteiger partial charge in [-0.15, -0.1) is 0 Å². The van der Waals surface area contributed by atoms with Crippen LogP contribution in [-0.2, 0) is 0 Å². The first-order valence-corrected chi connectivity index (χ1v) is 6.22. The lowest BCUT2D eigenvalue weighted by Crippen LogP contribution is -2.09. The van der Waals surface area contributed by atoms with E-state index in [1.54, 1.807) is 0 Å². The molecule has 1 atom stereocenters. The molecule has 0 saturated heterocycles. The third kappa shape index (κ3) is 2.70. The maximum absolute atomic E-state index is 5.84. The molecule has 3 nitrogen and oxygen atoms in total. The summed E-state index contributed by atoms with van der Waals surface area (Å²) in [5, 5.41) is 0. The highest BCUT2D eigenvalue weighted by Crippen LogP contribution is 2.20. The SMILES string of the molecule is Cc1nc(-c2ccc(Br)cc2)ncc1[C@@H](C)N. The van der Waals surface area contributed by atoms with Gasteiger partial charge in [-0.3, -0.25) is 0 Å². The average molecular weight is 292 g/mol. The molecule has 0 aliphatic heterocycles. The zero-order valence-electron chi connectivity index (χ0n) is 9.81. The number of nitrogens with zero attached hydrogens (tertiary/aromatic N) is 2. The van der Waals surface area contributed by atoms with Crippen LogP contribution < -0.4 is 5.73 Å². The minimum Gasteiger partial charge on any atom is -0.324 e. The Balaban J connectivity index is 2.41. The lowest BCUT2D eigenvalue weighted by Gasteiger charge is -2.09. The third-order valence-electron chi connectivity index (χ3n) is 2.61. The molecule has 17 heavy (non-hydrogen) atoms. The fourth-order valence-corrected chi connectivity index (χ4v) is 1.93. The van der Waals surface area contributed by atoms with Crippen LogP contribution in [0.2, 0.25) is 0 Å². The molecule has 2 aromatic rings. The molecule has 0 aliphatic rings. The van der Waals surface area contributed by atoms with Gasteiger partial charge < -0.3 is 5.73 Å². The smallest absolute Gasteiger partial charge is 0.159 e. The van der Waals surface area contributed by atoms with Gasteiger partial charge in [-0.1, -0.05) is 28.1 Å². The summed E-state index contributed by atoms with van der Waals surface area (Å²) in [5.41, 5.74) is 8.77. The van der Waals surface area contributed by atoms with E-state index in [-0.39, 0.29) is 6.04 Å². The minimum absolute atomic E-state index is 0.0334. The molecule has 4 heteroatoms. The number of hydrogen-bond donors (Lipinski definition) is 1. The summed E-state index contributed by atoms with van der Waals surface area (Å²) in [5.74, 6) is 0.736. The van der Waals surface area contributed by atoms with Gasteiger partial charge in [0, 0.05) is 33.5 Å².